The molecule has 0 radical (unpaired) electrons. The molecule has 4 nitrogen and oxygen atoms in total. The zero-order valence-corrected chi connectivity index (χ0v) is 5.72. The molecular formula is C4H7NO3S. The van der Waals surface area contributed by atoms with E-state index in [1.807, 2.05) is 0 Å². The smallest absolute Gasteiger partial charge is 0.281 e. The summed E-state index contributed by atoms with van der Waals surface area (Å²) >= 11 is 0. The Morgan fingerprint density at radius 3 is 2.22 bits per heavy atom. The maximum Gasteiger partial charge on any atom is 0.281 e. The summed E-state index contributed by atoms with van der Waals surface area (Å²) in [6.45, 7) is 1.52. The van der Waals surface area contributed by atoms with Crippen molar-refractivity contribution in [2.24, 2.45) is 0 Å². The van der Waals surface area contributed by atoms with Crippen LogP contribution in [0.2, 0.25) is 0 Å². The van der Waals surface area contributed by atoms with Gasteiger partial charge in [0.2, 0.25) is 0 Å². The first-order valence-corrected chi connectivity index (χ1v) is 3.88. The predicted molar refractivity (Wildman–Crippen MR) is 31.2 cm³/mol. The van der Waals surface area contributed by atoms with Gasteiger partial charge in [-0.2, -0.15) is 13.7 Å². The zero-order valence-electron chi connectivity index (χ0n) is 4.90. The van der Waals surface area contributed by atoms with Gasteiger partial charge in [0.1, 0.15) is 0 Å². The Labute approximate surface area is 53.9 Å². The summed E-state index contributed by atoms with van der Waals surface area (Å²) in [4.78, 5) is 0. The third-order valence-electron chi connectivity index (χ3n) is 0.874. The van der Waals surface area contributed by atoms with Gasteiger partial charge in [-0.05, 0) is 6.42 Å². The Morgan fingerprint density at radius 1 is 1.78 bits per heavy atom. The van der Waals surface area contributed by atoms with Crippen LogP contribution in [0.1, 0.15) is 13.3 Å². The lowest BCUT2D eigenvalue weighted by molar-refractivity contribution is 0.474. The fourth-order valence-corrected chi connectivity index (χ4v) is 0.923. The van der Waals surface area contributed by atoms with Crippen LogP contribution in [0.15, 0.2) is 0 Å². The monoisotopic (exact) mass is 149 g/mol. The van der Waals surface area contributed by atoms with Gasteiger partial charge >= 0.3 is 0 Å². The predicted octanol–water partition coefficient (Wildman–Crippen LogP) is 0.176. The van der Waals surface area contributed by atoms with E-state index in [4.69, 9.17) is 9.81 Å². The third kappa shape index (κ3) is 2.44. The van der Waals surface area contributed by atoms with Crippen LogP contribution in [0, 0.1) is 11.3 Å². The summed E-state index contributed by atoms with van der Waals surface area (Å²) in [6.07, 6.45) is 0.120. The van der Waals surface area contributed by atoms with Crippen LogP contribution < -0.4 is 0 Å². The van der Waals surface area contributed by atoms with Gasteiger partial charge in [0.05, 0.1) is 6.07 Å². The third-order valence-corrected chi connectivity index (χ3v) is 2.03. The van der Waals surface area contributed by atoms with E-state index < -0.39 is 15.4 Å². The second kappa shape index (κ2) is 2.80. The molecule has 0 aliphatic rings. The van der Waals surface area contributed by atoms with Gasteiger partial charge in [-0.15, -0.1) is 0 Å². The zero-order chi connectivity index (χ0) is 7.49. The molecule has 0 aromatic heterocycles. The summed E-state index contributed by atoms with van der Waals surface area (Å²) in [5.41, 5.74) is 0. The highest BCUT2D eigenvalue weighted by atomic mass is 32.2. The molecule has 0 amide bonds. The molecule has 0 rings (SSSR count). The molecule has 0 bridgehead atoms. The molecule has 0 heterocycles. The molecule has 1 unspecified atom stereocenters. The number of hydrogen-bond donors (Lipinski definition) is 1. The second-order valence-electron chi connectivity index (χ2n) is 1.54. The van der Waals surface area contributed by atoms with Gasteiger partial charge in [0, 0.05) is 0 Å². The molecule has 0 aliphatic heterocycles. The van der Waals surface area contributed by atoms with E-state index >= 15 is 0 Å². The fourth-order valence-electron chi connectivity index (χ4n) is 0.369. The standard InChI is InChI=1S/C4H7NO3S/c1-2-4(3-5)9(6,7)8/h4H,2H2,1H3,(H,6,7,8). The van der Waals surface area contributed by atoms with Crippen molar-refractivity contribution in [1.82, 2.24) is 0 Å². The van der Waals surface area contributed by atoms with Gasteiger partial charge in [-0.3, -0.25) is 4.55 Å². The second-order valence-corrected chi connectivity index (χ2v) is 3.14. The minimum atomic E-state index is -4.13. The molecule has 1 atom stereocenters. The topological polar surface area (TPSA) is 78.2 Å². The molecule has 1 N–H and O–H groups in total. The Balaban J connectivity index is 4.38. The highest BCUT2D eigenvalue weighted by molar-refractivity contribution is 7.86. The molecule has 0 aliphatic carbocycles. The van der Waals surface area contributed by atoms with Crippen molar-refractivity contribution in [1.29, 1.82) is 5.26 Å². The van der Waals surface area contributed by atoms with Crippen molar-refractivity contribution in [2.75, 3.05) is 0 Å². The molecule has 0 aromatic carbocycles. The molecular weight excluding hydrogens is 142 g/mol. The Kier molecular flexibility index (Phi) is 2.62. The van der Waals surface area contributed by atoms with Crippen LogP contribution in [0.4, 0.5) is 0 Å². The average Bonchev–Trinajstić information content (AvgIpc) is 1.65. The number of nitriles is 1. The van der Waals surface area contributed by atoms with Crippen LogP contribution in [0.25, 0.3) is 0 Å². The minimum Gasteiger partial charge on any atom is -0.285 e. The number of nitrogens with zero attached hydrogens (tertiary/aromatic N) is 1. The van der Waals surface area contributed by atoms with Crippen LogP contribution >= 0.6 is 0 Å². The van der Waals surface area contributed by atoms with E-state index in [1.54, 1.807) is 0 Å². The summed E-state index contributed by atoms with van der Waals surface area (Å²) in [7, 11) is -4.13. The van der Waals surface area contributed by atoms with E-state index in [9.17, 15) is 8.42 Å². The Bertz CT molecular complexity index is 212. The number of hydrogen-bond acceptors (Lipinski definition) is 3. The van der Waals surface area contributed by atoms with Crippen molar-refractivity contribution in [2.45, 2.75) is 18.6 Å². The first-order chi connectivity index (χ1) is 4.02. The summed E-state index contributed by atoms with van der Waals surface area (Å²) in [5, 5.41) is 6.81. The lowest BCUT2D eigenvalue weighted by atomic mass is 10.4. The van der Waals surface area contributed by atoms with Crippen molar-refractivity contribution in [3.8, 4) is 6.07 Å². The van der Waals surface area contributed by atoms with E-state index in [1.165, 1.54) is 13.0 Å². The van der Waals surface area contributed by atoms with Gasteiger partial charge in [-0.25, -0.2) is 0 Å². The molecule has 5 heteroatoms. The summed E-state index contributed by atoms with van der Waals surface area (Å²) in [5.74, 6) is 0. The van der Waals surface area contributed by atoms with E-state index in [0.717, 1.165) is 0 Å². The highest BCUT2D eigenvalue weighted by Crippen LogP contribution is 2.00. The molecule has 0 saturated carbocycles. The molecule has 0 saturated heterocycles. The Hall–Kier alpha value is -0.600. The minimum absolute atomic E-state index is 0.120. The first-order valence-electron chi connectivity index (χ1n) is 2.38. The van der Waals surface area contributed by atoms with Gasteiger partial charge < -0.3 is 0 Å². The van der Waals surface area contributed by atoms with Gasteiger partial charge in [0.15, 0.2) is 5.25 Å². The average molecular weight is 149 g/mol. The van der Waals surface area contributed by atoms with Crippen LogP contribution in [-0.2, 0) is 10.1 Å². The molecule has 0 aromatic rings. The van der Waals surface area contributed by atoms with Crippen molar-refractivity contribution in [3.05, 3.63) is 0 Å². The maximum absolute atomic E-state index is 10.1. The van der Waals surface area contributed by atoms with Crippen molar-refractivity contribution < 1.29 is 13.0 Å². The SMILES string of the molecule is CCC(C#N)S(=O)(=O)O. The molecule has 52 valence electrons. The molecule has 9 heavy (non-hydrogen) atoms. The summed E-state index contributed by atoms with van der Waals surface area (Å²) in [6, 6.07) is 1.45. The lowest BCUT2D eigenvalue weighted by Gasteiger charge is -1.97. The molecule has 0 spiro atoms. The fraction of sp³-hybridized carbons (Fsp3) is 0.750. The van der Waals surface area contributed by atoms with E-state index in [2.05, 4.69) is 0 Å². The lowest BCUT2D eigenvalue weighted by Crippen LogP contribution is -2.16. The maximum atomic E-state index is 10.1. The van der Waals surface area contributed by atoms with Crippen LogP contribution in [0.5, 0.6) is 0 Å². The van der Waals surface area contributed by atoms with Crippen LogP contribution in [-0.4, -0.2) is 18.2 Å². The van der Waals surface area contributed by atoms with Crippen molar-refractivity contribution >= 4 is 10.1 Å². The highest BCUT2D eigenvalue weighted by Gasteiger charge is 2.19. The molecule has 0 fully saturated rings. The first kappa shape index (κ1) is 8.40. The largest absolute Gasteiger partial charge is 0.285 e. The van der Waals surface area contributed by atoms with Gasteiger partial charge in [0.25, 0.3) is 10.1 Å². The van der Waals surface area contributed by atoms with E-state index in [0.29, 0.717) is 0 Å². The van der Waals surface area contributed by atoms with Crippen molar-refractivity contribution in [3.63, 3.8) is 0 Å². The summed E-state index contributed by atoms with van der Waals surface area (Å²) < 4.78 is 28.5. The van der Waals surface area contributed by atoms with Gasteiger partial charge in [-0.1, -0.05) is 6.92 Å². The quantitative estimate of drug-likeness (QED) is 0.568. The number of rotatable bonds is 2. The normalized spacial score (nSPS) is 14.3. The van der Waals surface area contributed by atoms with E-state index in [-0.39, 0.29) is 6.42 Å². The van der Waals surface area contributed by atoms with Crippen LogP contribution in [0.3, 0.4) is 0 Å². The Morgan fingerprint density at radius 2 is 2.22 bits per heavy atom.